The predicted molar refractivity (Wildman–Crippen MR) is 122 cm³/mol. The molecular weight excluding hydrogens is 416 g/mol. The van der Waals surface area contributed by atoms with Gasteiger partial charge in [0.15, 0.2) is 0 Å². The van der Waals surface area contributed by atoms with E-state index in [0.717, 1.165) is 11.3 Å². The van der Waals surface area contributed by atoms with Crippen molar-refractivity contribution in [2.45, 2.75) is 18.9 Å². The van der Waals surface area contributed by atoms with Crippen LogP contribution in [-0.2, 0) is 16.0 Å². The zero-order chi connectivity index (χ0) is 22.6. The number of rotatable bonds is 11. The van der Waals surface area contributed by atoms with Crippen LogP contribution >= 0.6 is 11.8 Å². The fraction of sp³-hybridized carbons (Fsp3) is 0.348. The molecule has 0 aliphatic carbocycles. The monoisotopic (exact) mass is 444 g/mol. The molecule has 2 rings (SSSR count). The Labute approximate surface area is 186 Å². The van der Waals surface area contributed by atoms with Crippen molar-refractivity contribution in [1.29, 1.82) is 0 Å². The number of para-hydroxylation sites is 1. The van der Waals surface area contributed by atoms with Gasteiger partial charge in [-0.05, 0) is 54.7 Å². The number of hydrogen-bond donors (Lipinski definition) is 2. The van der Waals surface area contributed by atoms with Crippen LogP contribution in [0.5, 0.6) is 5.75 Å². The minimum atomic E-state index is -0.647. The lowest BCUT2D eigenvalue weighted by Gasteiger charge is -2.19. The molecule has 0 fully saturated rings. The van der Waals surface area contributed by atoms with E-state index in [1.807, 2.05) is 18.4 Å². The van der Waals surface area contributed by atoms with Gasteiger partial charge in [-0.25, -0.2) is 4.79 Å². The normalized spacial score (nSPS) is 11.3. The third-order valence-electron chi connectivity index (χ3n) is 4.67. The number of carbonyl (C=O) groups is 3. The van der Waals surface area contributed by atoms with E-state index in [2.05, 4.69) is 15.4 Å². The summed E-state index contributed by atoms with van der Waals surface area (Å²) in [6.45, 7) is 0.413. The summed E-state index contributed by atoms with van der Waals surface area (Å²) >= 11 is 1.61. The van der Waals surface area contributed by atoms with E-state index >= 15 is 0 Å². The summed E-state index contributed by atoms with van der Waals surface area (Å²) < 4.78 is 9.92. The SMILES string of the molecule is COC(=O)c1ccc(CCNC(=O)C(CCSC)NC(=O)c2ccccc2OC)cc1. The van der Waals surface area contributed by atoms with Crippen LogP contribution in [0.4, 0.5) is 0 Å². The van der Waals surface area contributed by atoms with Crippen LogP contribution in [0, 0.1) is 0 Å². The molecule has 0 aliphatic rings. The summed E-state index contributed by atoms with van der Waals surface area (Å²) in [6, 6.07) is 13.3. The smallest absolute Gasteiger partial charge is 0.337 e. The Morgan fingerprint density at radius 3 is 2.39 bits per heavy atom. The number of esters is 1. The van der Waals surface area contributed by atoms with Gasteiger partial charge < -0.3 is 20.1 Å². The Bertz CT molecular complexity index is 886. The van der Waals surface area contributed by atoms with Gasteiger partial charge in [0.05, 0.1) is 25.3 Å². The van der Waals surface area contributed by atoms with Crippen molar-refractivity contribution in [2.75, 3.05) is 32.8 Å². The molecule has 0 aliphatic heterocycles. The molecule has 1 atom stereocenters. The average molecular weight is 445 g/mol. The first kappa shape index (κ1) is 24.3. The molecule has 2 aromatic carbocycles. The first-order valence-electron chi connectivity index (χ1n) is 9.88. The lowest BCUT2D eigenvalue weighted by Crippen LogP contribution is -2.47. The molecule has 2 aromatic rings. The van der Waals surface area contributed by atoms with E-state index in [4.69, 9.17) is 4.74 Å². The van der Waals surface area contributed by atoms with E-state index in [1.165, 1.54) is 14.2 Å². The number of carbonyl (C=O) groups excluding carboxylic acids is 3. The second-order valence-corrected chi connectivity index (χ2v) is 7.72. The quantitative estimate of drug-likeness (QED) is 0.518. The molecule has 166 valence electrons. The maximum atomic E-state index is 12.7. The van der Waals surface area contributed by atoms with E-state index in [0.29, 0.717) is 36.3 Å². The van der Waals surface area contributed by atoms with Crippen LogP contribution in [-0.4, -0.2) is 56.6 Å². The summed E-state index contributed by atoms with van der Waals surface area (Å²) in [5, 5.41) is 5.71. The molecule has 31 heavy (non-hydrogen) atoms. The molecule has 2 N–H and O–H groups in total. The van der Waals surface area contributed by atoms with Crippen molar-refractivity contribution in [1.82, 2.24) is 10.6 Å². The minimum absolute atomic E-state index is 0.233. The first-order chi connectivity index (χ1) is 15.0. The lowest BCUT2D eigenvalue weighted by molar-refractivity contribution is -0.123. The maximum absolute atomic E-state index is 12.7. The van der Waals surface area contributed by atoms with Crippen molar-refractivity contribution in [2.24, 2.45) is 0 Å². The van der Waals surface area contributed by atoms with Gasteiger partial charge in [0.1, 0.15) is 11.8 Å². The molecule has 0 bridgehead atoms. The van der Waals surface area contributed by atoms with Crippen LogP contribution in [0.3, 0.4) is 0 Å². The summed E-state index contributed by atoms with van der Waals surface area (Å²) in [4.78, 5) is 36.9. The molecule has 0 saturated heterocycles. The predicted octanol–water partition coefficient (Wildman–Crippen LogP) is 2.69. The fourth-order valence-electron chi connectivity index (χ4n) is 2.95. The molecule has 8 heteroatoms. The number of hydrogen-bond acceptors (Lipinski definition) is 6. The third kappa shape index (κ3) is 7.32. The maximum Gasteiger partial charge on any atom is 0.337 e. The zero-order valence-electron chi connectivity index (χ0n) is 18.0. The van der Waals surface area contributed by atoms with Crippen LogP contribution in [0.15, 0.2) is 48.5 Å². The van der Waals surface area contributed by atoms with Crippen molar-refractivity contribution >= 4 is 29.5 Å². The van der Waals surface area contributed by atoms with Gasteiger partial charge in [0.25, 0.3) is 5.91 Å². The summed E-state index contributed by atoms with van der Waals surface area (Å²) in [5.74, 6) is 0.224. The Morgan fingerprint density at radius 1 is 1.03 bits per heavy atom. The first-order valence-corrected chi connectivity index (χ1v) is 11.3. The zero-order valence-corrected chi connectivity index (χ0v) is 18.8. The van der Waals surface area contributed by atoms with E-state index in [9.17, 15) is 14.4 Å². The highest BCUT2D eigenvalue weighted by molar-refractivity contribution is 7.98. The molecule has 7 nitrogen and oxygen atoms in total. The standard InChI is InChI=1S/C23H28N2O5S/c1-29-20-7-5-4-6-18(20)21(26)25-19(13-15-31-3)22(27)24-14-12-16-8-10-17(11-9-16)23(28)30-2/h4-11,19H,12-15H2,1-3H3,(H,24,27)(H,25,26). The molecule has 0 spiro atoms. The average Bonchev–Trinajstić information content (AvgIpc) is 2.81. The highest BCUT2D eigenvalue weighted by Crippen LogP contribution is 2.17. The Morgan fingerprint density at radius 2 is 1.74 bits per heavy atom. The second kappa shape index (κ2) is 12.6. The second-order valence-electron chi connectivity index (χ2n) is 6.74. The number of thioether (sulfide) groups is 1. The van der Waals surface area contributed by atoms with Gasteiger partial charge in [0.2, 0.25) is 5.91 Å². The van der Waals surface area contributed by atoms with E-state index < -0.39 is 6.04 Å². The van der Waals surface area contributed by atoms with Gasteiger partial charge in [-0.2, -0.15) is 11.8 Å². The number of methoxy groups -OCH3 is 2. The van der Waals surface area contributed by atoms with Crippen molar-refractivity contribution in [3.05, 3.63) is 65.2 Å². The van der Waals surface area contributed by atoms with Gasteiger partial charge in [-0.15, -0.1) is 0 Å². The Balaban J connectivity index is 1.94. The van der Waals surface area contributed by atoms with Gasteiger partial charge >= 0.3 is 5.97 Å². The summed E-state index contributed by atoms with van der Waals surface area (Å²) in [6.07, 6.45) is 3.07. The van der Waals surface area contributed by atoms with Crippen molar-refractivity contribution in [3.8, 4) is 5.75 Å². The summed E-state index contributed by atoms with van der Waals surface area (Å²) in [5.41, 5.74) is 1.84. The van der Waals surface area contributed by atoms with Crippen LogP contribution in [0.25, 0.3) is 0 Å². The molecule has 0 radical (unpaired) electrons. The molecule has 0 saturated carbocycles. The highest BCUT2D eigenvalue weighted by Gasteiger charge is 2.22. The molecule has 0 heterocycles. The van der Waals surface area contributed by atoms with Crippen molar-refractivity contribution in [3.63, 3.8) is 0 Å². The third-order valence-corrected chi connectivity index (χ3v) is 5.32. The lowest BCUT2D eigenvalue weighted by atomic mass is 10.1. The van der Waals surface area contributed by atoms with Gasteiger partial charge in [-0.3, -0.25) is 9.59 Å². The van der Waals surface area contributed by atoms with E-state index in [-0.39, 0.29) is 17.8 Å². The highest BCUT2D eigenvalue weighted by atomic mass is 32.2. The molecule has 1 unspecified atom stereocenters. The van der Waals surface area contributed by atoms with Crippen LogP contribution < -0.4 is 15.4 Å². The largest absolute Gasteiger partial charge is 0.496 e. The molecule has 0 aromatic heterocycles. The van der Waals surface area contributed by atoms with Gasteiger partial charge in [0, 0.05) is 6.54 Å². The van der Waals surface area contributed by atoms with E-state index in [1.54, 1.807) is 48.2 Å². The van der Waals surface area contributed by atoms with Gasteiger partial charge in [-0.1, -0.05) is 24.3 Å². The topological polar surface area (TPSA) is 93.7 Å². The Hall–Kier alpha value is -3.00. The number of benzene rings is 2. The number of nitrogens with one attached hydrogen (secondary N) is 2. The minimum Gasteiger partial charge on any atom is -0.496 e. The van der Waals surface area contributed by atoms with Crippen LogP contribution in [0.2, 0.25) is 0 Å². The molecule has 2 amide bonds. The van der Waals surface area contributed by atoms with Crippen molar-refractivity contribution < 1.29 is 23.9 Å². The number of ether oxygens (including phenoxy) is 2. The Kier molecular flexibility index (Phi) is 9.90. The number of amides is 2. The molecular formula is C23H28N2O5S. The van der Waals surface area contributed by atoms with Crippen LogP contribution in [0.1, 0.15) is 32.7 Å². The summed E-state index contributed by atoms with van der Waals surface area (Å²) in [7, 11) is 2.84. The fourth-order valence-corrected chi connectivity index (χ4v) is 3.42.